The third-order valence-electron chi connectivity index (χ3n) is 4.49. The van der Waals surface area contributed by atoms with E-state index in [1.165, 1.54) is 6.92 Å². The van der Waals surface area contributed by atoms with Gasteiger partial charge in [-0.05, 0) is 37.8 Å². The maximum atomic E-state index is 12.4. The number of hydrogen-bond acceptors (Lipinski definition) is 5. The number of nitrogens with zero attached hydrogens (tertiary/aromatic N) is 2. The molecule has 1 aromatic carbocycles. The minimum atomic E-state index is -0.303. The van der Waals surface area contributed by atoms with Gasteiger partial charge in [-0.2, -0.15) is 5.26 Å². The van der Waals surface area contributed by atoms with Crippen LogP contribution in [0.2, 0.25) is 0 Å². The lowest BCUT2D eigenvalue weighted by Gasteiger charge is -2.29. The van der Waals surface area contributed by atoms with Gasteiger partial charge >= 0.3 is 0 Å². The van der Waals surface area contributed by atoms with Crippen LogP contribution in [0.3, 0.4) is 0 Å². The summed E-state index contributed by atoms with van der Waals surface area (Å²) < 4.78 is 5.17. The molecule has 134 valence electrons. The third-order valence-corrected chi connectivity index (χ3v) is 4.49. The van der Waals surface area contributed by atoms with Crippen LogP contribution in [0.4, 0.5) is 0 Å². The van der Waals surface area contributed by atoms with Crippen molar-refractivity contribution in [1.82, 2.24) is 15.8 Å². The molecule has 2 amide bonds. The molecule has 3 rings (SSSR count). The van der Waals surface area contributed by atoms with Gasteiger partial charge in [0.05, 0.1) is 11.6 Å². The number of nitrogens with one attached hydrogen (secondary N) is 2. The number of carbonyl (C=O) groups excluding carboxylic acids is 2. The molecule has 26 heavy (non-hydrogen) atoms. The molecular formula is C19H20N4O3. The van der Waals surface area contributed by atoms with E-state index in [1.807, 2.05) is 6.07 Å². The Hall–Kier alpha value is -3.14. The summed E-state index contributed by atoms with van der Waals surface area (Å²) in [5.41, 5.74) is 1.76. The highest BCUT2D eigenvalue weighted by atomic mass is 16.5. The van der Waals surface area contributed by atoms with Crippen LogP contribution >= 0.6 is 0 Å². The van der Waals surface area contributed by atoms with Crippen molar-refractivity contribution < 1.29 is 14.1 Å². The molecule has 1 fully saturated rings. The van der Waals surface area contributed by atoms with Crippen LogP contribution in [0, 0.1) is 11.3 Å². The van der Waals surface area contributed by atoms with Crippen LogP contribution in [0.5, 0.6) is 0 Å². The Morgan fingerprint density at radius 2 is 1.85 bits per heavy atom. The Kier molecular flexibility index (Phi) is 5.32. The van der Waals surface area contributed by atoms with Crippen LogP contribution in [-0.4, -0.2) is 29.1 Å². The molecule has 1 aliphatic carbocycles. The number of benzene rings is 1. The van der Waals surface area contributed by atoms with E-state index in [4.69, 9.17) is 9.78 Å². The average Bonchev–Trinajstić information content (AvgIpc) is 3.13. The normalized spacial score (nSPS) is 19.4. The first-order valence-corrected chi connectivity index (χ1v) is 8.60. The van der Waals surface area contributed by atoms with Crippen LogP contribution < -0.4 is 10.6 Å². The predicted octanol–water partition coefficient (Wildman–Crippen LogP) is 2.39. The number of carbonyl (C=O) groups is 2. The summed E-state index contributed by atoms with van der Waals surface area (Å²) in [6, 6.07) is 10.9. The third kappa shape index (κ3) is 4.28. The number of nitriles is 1. The van der Waals surface area contributed by atoms with Gasteiger partial charge in [0.2, 0.25) is 11.7 Å². The van der Waals surface area contributed by atoms with Gasteiger partial charge in [0.1, 0.15) is 5.69 Å². The van der Waals surface area contributed by atoms with Crippen LogP contribution in [-0.2, 0) is 4.79 Å². The zero-order valence-electron chi connectivity index (χ0n) is 14.5. The minimum Gasteiger partial charge on any atom is -0.354 e. The quantitative estimate of drug-likeness (QED) is 0.878. The maximum absolute atomic E-state index is 12.4. The molecule has 0 unspecified atom stereocenters. The fraction of sp³-hybridized carbons (Fsp3) is 0.368. The van der Waals surface area contributed by atoms with E-state index in [0.717, 1.165) is 31.2 Å². The Morgan fingerprint density at radius 1 is 1.15 bits per heavy atom. The molecule has 1 aromatic heterocycles. The molecule has 2 N–H and O–H groups in total. The molecule has 2 aromatic rings. The summed E-state index contributed by atoms with van der Waals surface area (Å²) in [5, 5.41) is 18.8. The van der Waals surface area contributed by atoms with Gasteiger partial charge in [0, 0.05) is 30.6 Å². The monoisotopic (exact) mass is 352 g/mol. The van der Waals surface area contributed by atoms with Crippen LogP contribution in [0.25, 0.3) is 11.3 Å². The molecule has 1 aliphatic rings. The van der Waals surface area contributed by atoms with Gasteiger partial charge in [0.15, 0.2) is 0 Å². The number of rotatable bonds is 4. The van der Waals surface area contributed by atoms with Crippen molar-refractivity contribution in [3.8, 4) is 17.3 Å². The summed E-state index contributed by atoms with van der Waals surface area (Å²) in [4.78, 5) is 23.5. The number of aromatic nitrogens is 1. The standard InChI is InChI=1S/C19H20N4O3/c1-12(24)21-15-5-7-16(8-6-15)22-19(25)18-10-17(23-26-18)14-4-2-3-13(9-14)11-20/h2-4,9-10,15-16H,5-8H2,1H3,(H,21,24)(H,22,25). The van der Waals surface area contributed by atoms with Crippen molar-refractivity contribution in [3.05, 3.63) is 41.7 Å². The summed E-state index contributed by atoms with van der Waals surface area (Å²) >= 11 is 0. The second kappa shape index (κ2) is 7.83. The molecule has 7 nitrogen and oxygen atoms in total. The summed E-state index contributed by atoms with van der Waals surface area (Å²) in [7, 11) is 0. The smallest absolute Gasteiger partial charge is 0.290 e. The number of amides is 2. The van der Waals surface area contributed by atoms with Crippen LogP contribution in [0.1, 0.15) is 48.7 Å². The van der Waals surface area contributed by atoms with E-state index in [0.29, 0.717) is 11.3 Å². The second-order valence-electron chi connectivity index (χ2n) is 6.49. The fourth-order valence-corrected chi connectivity index (χ4v) is 3.19. The summed E-state index contributed by atoms with van der Waals surface area (Å²) in [6.45, 7) is 1.52. The van der Waals surface area contributed by atoms with E-state index >= 15 is 0 Å². The summed E-state index contributed by atoms with van der Waals surface area (Å²) in [5.74, 6) is -0.179. The van der Waals surface area contributed by atoms with Crippen molar-refractivity contribution in [1.29, 1.82) is 5.26 Å². The van der Waals surface area contributed by atoms with Crippen molar-refractivity contribution in [2.24, 2.45) is 0 Å². The Balaban J connectivity index is 1.59. The molecule has 0 aliphatic heterocycles. The molecule has 0 radical (unpaired) electrons. The van der Waals surface area contributed by atoms with Crippen molar-refractivity contribution in [2.75, 3.05) is 0 Å². The van der Waals surface area contributed by atoms with Crippen molar-refractivity contribution in [3.63, 3.8) is 0 Å². The van der Waals surface area contributed by atoms with E-state index in [1.54, 1.807) is 24.3 Å². The van der Waals surface area contributed by atoms with Gasteiger partial charge < -0.3 is 15.2 Å². The number of hydrogen-bond donors (Lipinski definition) is 2. The molecule has 0 spiro atoms. The van der Waals surface area contributed by atoms with Gasteiger partial charge in [-0.15, -0.1) is 0 Å². The van der Waals surface area contributed by atoms with E-state index < -0.39 is 0 Å². The van der Waals surface area contributed by atoms with Crippen molar-refractivity contribution in [2.45, 2.75) is 44.7 Å². The Bertz CT molecular complexity index is 844. The largest absolute Gasteiger partial charge is 0.354 e. The lowest BCUT2D eigenvalue weighted by Crippen LogP contribution is -2.43. The molecule has 1 saturated carbocycles. The zero-order valence-corrected chi connectivity index (χ0v) is 14.5. The maximum Gasteiger partial charge on any atom is 0.290 e. The molecule has 7 heteroatoms. The second-order valence-corrected chi connectivity index (χ2v) is 6.49. The minimum absolute atomic E-state index is 0.0212. The molecular weight excluding hydrogens is 332 g/mol. The van der Waals surface area contributed by atoms with Gasteiger partial charge in [-0.1, -0.05) is 17.3 Å². The van der Waals surface area contributed by atoms with Crippen LogP contribution in [0.15, 0.2) is 34.9 Å². The first kappa shape index (κ1) is 17.7. The Labute approximate surface area is 151 Å². The van der Waals surface area contributed by atoms with Gasteiger partial charge in [0.25, 0.3) is 5.91 Å². The first-order chi connectivity index (χ1) is 12.5. The zero-order chi connectivity index (χ0) is 18.5. The highest BCUT2D eigenvalue weighted by molar-refractivity contribution is 5.92. The molecule has 0 saturated heterocycles. The van der Waals surface area contributed by atoms with Crippen molar-refractivity contribution >= 4 is 11.8 Å². The lowest BCUT2D eigenvalue weighted by molar-refractivity contribution is -0.119. The van der Waals surface area contributed by atoms with E-state index in [2.05, 4.69) is 21.9 Å². The highest BCUT2D eigenvalue weighted by Crippen LogP contribution is 2.22. The van der Waals surface area contributed by atoms with Gasteiger partial charge in [-0.3, -0.25) is 9.59 Å². The van der Waals surface area contributed by atoms with Gasteiger partial charge in [-0.25, -0.2) is 0 Å². The molecule has 0 atom stereocenters. The highest BCUT2D eigenvalue weighted by Gasteiger charge is 2.24. The van der Waals surface area contributed by atoms with E-state index in [-0.39, 0.29) is 29.7 Å². The molecule has 1 heterocycles. The average molecular weight is 352 g/mol. The van der Waals surface area contributed by atoms with E-state index in [9.17, 15) is 9.59 Å². The molecule has 0 bridgehead atoms. The Morgan fingerprint density at radius 3 is 2.50 bits per heavy atom. The predicted molar refractivity (Wildman–Crippen MR) is 94.0 cm³/mol. The summed E-state index contributed by atoms with van der Waals surface area (Å²) in [6.07, 6.45) is 3.30. The SMILES string of the molecule is CC(=O)NC1CCC(NC(=O)c2cc(-c3cccc(C#N)c3)no2)CC1. The topological polar surface area (TPSA) is 108 Å². The first-order valence-electron chi connectivity index (χ1n) is 8.60. The lowest BCUT2D eigenvalue weighted by atomic mass is 9.91. The fourth-order valence-electron chi connectivity index (χ4n) is 3.19.